The molecule has 336 valence electrons. The molecule has 61 heavy (non-hydrogen) atoms. The number of ether oxygens (including phenoxy) is 2. The molecule has 0 aliphatic carbocycles. The van der Waals surface area contributed by atoms with Crippen LogP contribution in [0.25, 0.3) is 11.3 Å². The number of fused-ring (bicyclic) bond motifs is 2. The Bertz CT molecular complexity index is 2110. The van der Waals surface area contributed by atoms with Crippen molar-refractivity contribution in [3.8, 4) is 0 Å². The molecule has 14 nitrogen and oxygen atoms in total. The van der Waals surface area contributed by atoms with Gasteiger partial charge in [-0.05, 0) is 153 Å². The number of nitrogens with zero attached hydrogens (tertiary/aromatic N) is 9. The number of rotatable bonds is 3. The fourth-order valence-electron chi connectivity index (χ4n) is 8.54. The van der Waals surface area contributed by atoms with E-state index in [-0.39, 0.29) is 24.3 Å². The molecule has 2 atom stereocenters. The molecule has 15 heteroatoms. The van der Waals surface area contributed by atoms with Gasteiger partial charge in [0, 0.05) is 60.8 Å². The SMILES string of the molecule is C1CCNCC1.Cc1nc2cc([C@@H]3CCCCN3C(=O)OC(C)(C)C)nn2c(Cl)c1C.Cc1nc2cc([C@@H]3CCCCN3C(=O)OC(C)(C)C)nn2c(N2CCCCC2)c1C. The van der Waals surface area contributed by atoms with E-state index in [0.29, 0.717) is 23.9 Å². The van der Waals surface area contributed by atoms with Crippen LogP contribution in [-0.2, 0) is 9.47 Å². The second-order valence-electron chi connectivity index (χ2n) is 19.2. The molecule has 4 aliphatic heterocycles. The highest BCUT2D eigenvalue weighted by Crippen LogP contribution is 2.35. The fraction of sp³-hybridized carbons (Fsp3) is 0.696. The van der Waals surface area contributed by atoms with Crippen molar-refractivity contribution in [2.45, 2.75) is 170 Å². The number of aromatic nitrogens is 6. The minimum absolute atomic E-state index is 0.0647. The van der Waals surface area contributed by atoms with E-state index in [9.17, 15) is 9.59 Å². The van der Waals surface area contributed by atoms with Crippen molar-refractivity contribution in [2.24, 2.45) is 0 Å². The normalized spacial score (nSPS) is 20.1. The molecular formula is C46H71ClN10O4. The predicted octanol–water partition coefficient (Wildman–Crippen LogP) is 10.0. The lowest BCUT2D eigenvalue weighted by Crippen LogP contribution is -2.42. The Morgan fingerprint density at radius 2 is 1.07 bits per heavy atom. The number of hydrogen-bond acceptors (Lipinski definition) is 10. The minimum Gasteiger partial charge on any atom is -0.444 e. The van der Waals surface area contributed by atoms with Gasteiger partial charge in [0.15, 0.2) is 11.3 Å². The van der Waals surface area contributed by atoms with Crippen LogP contribution >= 0.6 is 11.6 Å². The number of hydrogen-bond donors (Lipinski definition) is 1. The van der Waals surface area contributed by atoms with E-state index in [1.165, 1.54) is 57.2 Å². The maximum absolute atomic E-state index is 12.9. The summed E-state index contributed by atoms with van der Waals surface area (Å²) in [6, 6.07) is 3.81. The lowest BCUT2D eigenvalue weighted by molar-refractivity contribution is 0.00800. The van der Waals surface area contributed by atoms with Gasteiger partial charge in [-0.3, -0.25) is 9.80 Å². The number of carbonyl (C=O) groups is 2. The van der Waals surface area contributed by atoms with Gasteiger partial charge in [0.1, 0.15) is 22.2 Å². The van der Waals surface area contributed by atoms with Crippen LogP contribution in [0.5, 0.6) is 0 Å². The van der Waals surface area contributed by atoms with Crippen molar-refractivity contribution in [3.05, 3.63) is 51.2 Å². The Morgan fingerprint density at radius 3 is 1.52 bits per heavy atom. The van der Waals surface area contributed by atoms with Crippen LogP contribution in [-0.4, -0.2) is 102 Å². The third-order valence-corrected chi connectivity index (χ3v) is 12.4. The van der Waals surface area contributed by atoms with Crippen molar-refractivity contribution in [1.29, 1.82) is 0 Å². The molecule has 4 fully saturated rings. The van der Waals surface area contributed by atoms with E-state index in [1.54, 1.807) is 9.42 Å². The molecule has 4 saturated heterocycles. The predicted molar refractivity (Wildman–Crippen MR) is 242 cm³/mol. The summed E-state index contributed by atoms with van der Waals surface area (Å²) in [4.78, 5) is 41.0. The third kappa shape index (κ3) is 11.7. The smallest absolute Gasteiger partial charge is 0.410 e. The summed E-state index contributed by atoms with van der Waals surface area (Å²) in [5.74, 6) is 1.16. The first-order valence-corrected chi connectivity index (χ1v) is 23.1. The standard InChI is InChI=1S/C23H35N5O2.C18H25ClN4O2.C5H11N/c1-16-17(2)24-20-15-18(25-28(20)21(16)26-12-8-6-9-13-26)19-11-7-10-14-27(19)22(29)30-23(3,4)5;1-11-12(2)20-15-10-13(21-23(15)16(11)19)14-8-6-7-9-22(14)17(24)25-18(3,4)5;1-2-4-6-5-3-1/h15,19H,6-14H2,1-5H3;10,14H,6-9H2,1-5H3;6H,1-5H2/t19-;14-;/m00./s1. The summed E-state index contributed by atoms with van der Waals surface area (Å²) in [5.41, 5.74) is 6.30. The van der Waals surface area contributed by atoms with Crippen LogP contribution in [0.3, 0.4) is 0 Å². The summed E-state index contributed by atoms with van der Waals surface area (Å²) < 4.78 is 14.9. The zero-order valence-electron chi connectivity index (χ0n) is 38.6. The molecule has 4 aromatic heterocycles. The van der Waals surface area contributed by atoms with Crippen molar-refractivity contribution in [2.75, 3.05) is 44.2 Å². The van der Waals surface area contributed by atoms with Crippen LogP contribution < -0.4 is 10.2 Å². The van der Waals surface area contributed by atoms with Gasteiger partial charge in [0.2, 0.25) is 0 Å². The van der Waals surface area contributed by atoms with Crippen molar-refractivity contribution >= 4 is 40.9 Å². The molecule has 1 N–H and O–H groups in total. The third-order valence-electron chi connectivity index (χ3n) is 11.9. The Kier molecular flexibility index (Phi) is 15.1. The first-order chi connectivity index (χ1) is 28.9. The number of aryl methyl sites for hydroxylation is 2. The van der Waals surface area contributed by atoms with Gasteiger partial charge < -0.3 is 19.7 Å². The summed E-state index contributed by atoms with van der Waals surface area (Å²) in [6.45, 7) is 25.4. The number of piperidine rings is 4. The lowest BCUT2D eigenvalue weighted by Gasteiger charge is -2.35. The van der Waals surface area contributed by atoms with Crippen LogP contribution in [0.4, 0.5) is 15.4 Å². The first-order valence-electron chi connectivity index (χ1n) is 22.8. The largest absolute Gasteiger partial charge is 0.444 e. The number of halogens is 1. The highest BCUT2D eigenvalue weighted by Gasteiger charge is 2.35. The van der Waals surface area contributed by atoms with Gasteiger partial charge in [-0.1, -0.05) is 18.0 Å². The average molecular weight is 864 g/mol. The van der Waals surface area contributed by atoms with Crippen molar-refractivity contribution in [1.82, 2.24) is 44.3 Å². The van der Waals surface area contributed by atoms with Gasteiger partial charge in [0.25, 0.3) is 0 Å². The Hall–Kier alpha value is -4.17. The van der Waals surface area contributed by atoms with Crippen LogP contribution in [0, 0.1) is 27.7 Å². The fourth-order valence-corrected chi connectivity index (χ4v) is 8.80. The summed E-state index contributed by atoms with van der Waals surface area (Å²) in [6.07, 6.45) is 13.3. The second-order valence-corrected chi connectivity index (χ2v) is 19.5. The van der Waals surface area contributed by atoms with Crippen LogP contribution in [0.1, 0.15) is 165 Å². The quantitative estimate of drug-likeness (QED) is 0.198. The van der Waals surface area contributed by atoms with Crippen molar-refractivity contribution in [3.63, 3.8) is 0 Å². The van der Waals surface area contributed by atoms with E-state index >= 15 is 0 Å². The molecule has 0 aromatic carbocycles. The Morgan fingerprint density at radius 1 is 0.623 bits per heavy atom. The number of nitrogens with one attached hydrogen (secondary N) is 1. The Balaban J connectivity index is 0.000000181. The van der Waals surface area contributed by atoms with Crippen molar-refractivity contribution < 1.29 is 19.1 Å². The topological polar surface area (TPSA) is 135 Å². The molecule has 4 aromatic rings. The van der Waals surface area contributed by atoms with Crippen LogP contribution in [0.15, 0.2) is 12.1 Å². The zero-order valence-corrected chi connectivity index (χ0v) is 39.3. The van der Waals surface area contributed by atoms with Gasteiger partial charge in [-0.15, -0.1) is 0 Å². The maximum Gasteiger partial charge on any atom is 0.410 e. The number of carbonyl (C=O) groups excluding carboxylic acids is 2. The van der Waals surface area contributed by atoms with E-state index in [2.05, 4.69) is 40.2 Å². The zero-order chi connectivity index (χ0) is 44.1. The summed E-state index contributed by atoms with van der Waals surface area (Å²) >= 11 is 6.42. The average Bonchev–Trinajstić information content (AvgIpc) is 3.85. The van der Waals surface area contributed by atoms with Crippen LogP contribution in [0.2, 0.25) is 5.15 Å². The molecular weight excluding hydrogens is 792 g/mol. The highest BCUT2D eigenvalue weighted by molar-refractivity contribution is 6.30. The molecule has 8 heterocycles. The molecule has 0 bridgehead atoms. The molecule has 0 saturated carbocycles. The second kappa shape index (κ2) is 19.9. The molecule has 0 spiro atoms. The number of amides is 2. The van der Waals surface area contributed by atoms with E-state index in [4.69, 9.17) is 31.2 Å². The molecule has 2 amide bonds. The van der Waals surface area contributed by atoms with E-state index in [1.807, 2.05) is 70.9 Å². The van der Waals surface area contributed by atoms with Gasteiger partial charge in [-0.2, -0.15) is 14.7 Å². The van der Waals surface area contributed by atoms with Gasteiger partial charge in [-0.25, -0.2) is 24.1 Å². The number of likely N-dealkylation sites (tertiary alicyclic amines) is 2. The minimum atomic E-state index is -0.517. The first kappa shape index (κ1) is 46.3. The lowest BCUT2D eigenvalue weighted by atomic mass is 10.00. The van der Waals surface area contributed by atoms with E-state index in [0.717, 1.165) is 91.4 Å². The maximum atomic E-state index is 12.9. The monoisotopic (exact) mass is 863 g/mol. The molecule has 4 aliphatic rings. The van der Waals surface area contributed by atoms with Gasteiger partial charge in [0.05, 0.1) is 23.5 Å². The number of anilines is 1. The molecule has 0 unspecified atom stereocenters. The summed E-state index contributed by atoms with van der Waals surface area (Å²) in [5, 5.41) is 13.5. The van der Waals surface area contributed by atoms with Gasteiger partial charge >= 0.3 is 12.2 Å². The Labute approximate surface area is 368 Å². The molecule has 8 rings (SSSR count). The molecule has 0 radical (unpaired) electrons. The van der Waals surface area contributed by atoms with E-state index < -0.39 is 11.2 Å². The summed E-state index contributed by atoms with van der Waals surface area (Å²) in [7, 11) is 0. The highest BCUT2D eigenvalue weighted by atomic mass is 35.5.